The summed E-state index contributed by atoms with van der Waals surface area (Å²) in [6.45, 7) is 0. The second-order valence-corrected chi connectivity index (χ2v) is 3.97. The number of fused-ring (bicyclic) bond motifs is 1. The SMILES string of the molecule is O=C(O)C(=O)O.O=C(O)C(=O)Oc1cc(C(F)(F)F)cc2n[nH]nc12. The summed E-state index contributed by atoms with van der Waals surface area (Å²) in [4.78, 5) is 39.4. The number of ether oxygens (including phenoxy) is 1. The van der Waals surface area contributed by atoms with Crippen molar-refractivity contribution in [3.8, 4) is 5.75 Å². The monoisotopic (exact) mass is 365 g/mol. The van der Waals surface area contributed by atoms with Gasteiger partial charge in [0.2, 0.25) is 0 Å². The van der Waals surface area contributed by atoms with E-state index in [0.29, 0.717) is 12.1 Å². The number of carboxylic acid groups (broad SMARTS) is 3. The van der Waals surface area contributed by atoms with Gasteiger partial charge in [-0.2, -0.15) is 28.6 Å². The number of aromatic nitrogens is 3. The molecule has 0 radical (unpaired) electrons. The second kappa shape index (κ2) is 7.24. The molecule has 0 unspecified atom stereocenters. The van der Waals surface area contributed by atoms with Crippen LogP contribution in [-0.2, 0) is 25.4 Å². The van der Waals surface area contributed by atoms with Gasteiger partial charge in [-0.25, -0.2) is 19.2 Å². The molecule has 1 aromatic heterocycles. The van der Waals surface area contributed by atoms with Gasteiger partial charge in [0.05, 0.1) is 5.56 Å². The third-order valence-electron chi connectivity index (χ3n) is 2.27. The van der Waals surface area contributed by atoms with E-state index in [0.717, 1.165) is 0 Å². The number of alkyl halides is 3. The van der Waals surface area contributed by atoms with E-state index in [-0.39, 0.29) is 11.0 Å². The van der Waals surface area contributed by atoms with E-state index < -0.39 is 41.4 Å². The highest BCUT2D eigenvalue weighted by Gasteiger charge is 2.33. The fourth-order valence-corrected chi connectivity index (χ4v) is 1.30. The van der Waals surface area contributed by atoms with E-state index in [1.165, 1.54) is 0 Å². The van der Waals surface area contributed by atoms with E-state index in [4.69, 9.17) is 24.9 Å². The predicted molar refractivity (Wildman–Crippen MR) is 67.4 cm³/mol. The molecule has 0 bridgehead atoms. The zero-order valence-electron chi connectivity index (χ0n) is 11.6. The van der Waals surface area contributed by atoms with Gasteiger partial charge >= 0.3 is 30.1 Å². The Morgan fingerprint density at radius 1 is 0.960 bits per heavy atom. The lowest BCUT2D eigenvalue weighted by atomic mass is 10.2. The van der Waals surface area contributed by atoms with Gasteiger partial charge < -0.3 is 20.1 Å². The van der Waals surface area contributed by atoms with E-state index in [9.17, 15) is 22.8 Å². The Hall–Kier alpha value is -3.71. The van der Waals surface area contributed by atoms with Gasteiger partial charge in [-0.15, -0.1) is 0 Å². The van der Waals surface area contributed by atoms with Crippen molar-refractivity contribution < 1.29 is 52.4 Å². The molecule has 25 heavy (non-hydrogen) atoms. The summed E-state index contributed by atoms with van der Waals surface area (Å²) in [7, 11) is 0. The number of aliphatic carboxylic acids is 3. The topological polar surface area (TPSA) is 180 Å². The first-order valence-electron chi connectivity index (χ1n) is 5.76. The summed E-state index contributed by atoms with van der Waals surface area (Å²) in [6, 6.07) is 1.17. The van der Waals surface area contributed by atoms with E-state index in [2.05, 4.69) is 20.1 Å². The minimum absolute atomic E-state index is 0.178. The number of carbonyl (C=O) groups is 4. The summed E-state index contributed by atoms with van der Waals surface area (Å²) >= 11 is 0. The third kappa shape index (κ3) is 5.15. The summed E-state index contributed by atoms with van der Waals surface area (Å²) in [5.41, 5.74) is -1.52. The minimum Gasteiger partial charge on any atom is -0.473 e. The van der Waals surface area contributed by atoms with Gasteiger partial charge in [0, 0.05) is 0 Å². The van der Waals surface area contributed by atoms with Crippen molar-refractivity contribution in [1.29, 1.82) is 0 Å². The molecule has 0 aliphatic carbocycles. The van der Waals surface area contributed by atoms with Crippen molar-refractivity contribution in [2.24, 2.45) is 0 Å². The Labute approximate surface area is 133 Å². The molecule has 14 heteroatoms. The summed E-state index contributed by atoms with van der Waals surface area (Å²) < 4.78 is 42.1. The van der Waals surface area contributed by atoms with Crippen molar-refractivity contribution >= 4 is 34.9 Å². The lowest BCUT2D eigenvalue weighted by Crippen LogP contribution is -2.19. The van der Waals surface area contributed by atoms with Crippen molar-refractivity contribution in [2.45, 2.75) is 6.18 Å². The Balaban J connectivity index is 0.000000450. The first-order valence-corrected chi connectivity index (χ1v) is 5.76. The Bertz CT molecular complexity index is 833. The van der Waals surface area contributed by atoms with Gasteiger partial charge in [-0.05, 0) is 12.1 Å². The molecule has 0 saturated carbocycles. The van der Waals surface area contributed by atoms with Crippen LogP contribution in [0.1, 0.15) is 5.56 Å². The quantitative estimate of drug-likeness (QED) is 0.308. The van der Waals surface area contributed by atoms with E-state index in [1.807, 2.05) is 0 Å². The number of carbonyl (C=O) groups excluding carboxylic acids is 1. The predicted octanol–water partition coefficient (Wildman–Crippen LogP) is 0.122. The summed E-state index contributed by atoms with van der Waals surface area (Å²) in [5, 5.41) is 32.1. The molecule has 0 aliphatic heterocycles. The van der Waals surface area contributed by atoms with Gasteiger partial charge in [0.25, 0.3) is 0 Å². The highest BCUT2D eigenvalue weighted by atomic mass is 19.4. The highest BCUT2D eigenvalue weighted by Crippen LogP contribution is 2.35. The van der Waals surface area contributed by atoms with E-state index in [1.54, 1.807) is 0 Å². The minimum atomic E-state index is -4.70. The van der Waals surface area contributed by atoms with Gasteiger partial charge in [0.15, 0.2) is 11.3 Å². The molecule has 0 aliphatic rings. The standard InChI is InChI=1S/C9H4F3N3O4.C2H2O4/c10-9(11,12)3-1-4-6(14-15-13-4)5(2-3)19-8(18)7(16)17;3-1(4)2(5)6/h1-2H,(H,16,17)(H,13,14,15);(H,3,4)(H,5,6). The zero-order valence-corrected chi connectivity index (χ0v) is 11.6. The van der Waals surface area contributed by atoms with E-state index >= 15 is 0 Å². The number of nitrogens with zero attached hydrogens (tertiary/aromatic N) is 2. The number of aromatic amines is 1. The molecule has 0 saturated heterocycles. The third-order valence-corrected chi connectivity index (χ3v) is 2.27. The molecule has 1 heterocycles. The number of esters is 1. The fraction of sp³-hybridized carbons (Fsp3) is 0.0909. The van der Waals surface area contributed by atoms with Crippen LogP contribution in [0, 0.1) is 0 Å². The molecule has 2 aromatic rings. The number of hydrogen-bond donors (Lipinski definition) is 4. The number of rotatable bonds is 1. The largest absolute Gasteiger partial charge is 0.473 e. The molecule has 2 rings (SSSR count). The maximum absolute atomic E-state index is 12.6. The van der Waals surface area contributed by atoms with Crippen LogP contribution in [0.3, 0.4) is 0 Å². The van der Waals surface area contributed by atoms with Crippen LogP contribution >= 0.6 is 0 Å². The summed E-state index contributed by atoms with van der Waals surface area (Å²) in [6.07, 6.45) is -4.70. The molecule has 0 fully saturated rings. The van der Waals surface area contributed by atoms with Gasteiger partial charge in [0.1, 0.15) is 5.52 Å². The highest BCUT2D eigenvalue weighted by molar-refractivity contribution is 6.29. The second-order valence-electron chi connectivity index (χ2n) is 3.97. The number of hydrogen-bond acceptors (Lipinski definition) is 7. The Morgan fingerprint density at radius 3 is 1.96 bits per heavy atom. The maximum atomic E-state index is 12.6. The first-order chi connectivity index (χ1) is 11.4. The molecule has 0 spiro atoms. The molecular formula is C11H6F3N3O8. The number of H-pyrrole nitrogens is 1. The van der Waals surface area contributed by atoms with Crippen LogP contribution in [0.5, 0.6) is 5.75 Å². The normalized spacial score (nSPS) is 10.5. The number of nitrogens with one attached hydrogen (secondary N) is 1. The van der Waals surface area contributed by atoms with Crippen LogP contribution < -0.4 is 4.74 Å². The van der Waals surface area contributed by atoms with Gasteiger partial charge in [-0.1, -0.05) is 0 Å². The van der Waals surface area contributed by atoms with Crippen molar-refractivity contribution in [3.05, 3.63) is 17.7 Å². The smallest absolute Gasteiger partial charge is 0.422 e. The van der Waals surface area contributed by atoms with Crippen LogP contribution in [0.15, 0.2) is 12.1 Å². The molecular weight excluding hydrogens is 359 g/mol. The Morgan fingerprint density at radius 2 is 1.52 bits per heavy atom. The van der Waals surface area contributed by atoms with Crippen LogP contribution in [0.2, 0.25) is 0 Å². The Kier molecular flexibility index (Phi) is 5.60. The fourth-order valence-electron chi connectivity index (χ4n) is 1.30. The first kappa shape index (κ1) is 19.3. The zero-order chi connectivity index (χ0) is 19.4. The molecule has 134 valence electrons. The molecule has 0 atom stereocenters. The number of carboxylic acids is 3. The van der Waals surface area contributed by atoms with Crippen LogP contribution in [0.4, 0.5) is 13.2 Å². The van der Waals surface area contributed by atoms with Crippen molar-refractivity contribution in [2.75, 3.05) is 0 Å². The molecule has 0 amide bonds. The summed E-state index contributed by atoms with van der Waals surface area (Å²) in [5.74, 6) is -7.94. The number of benzene rings is 1. The van der Waals surface area contributed by atoms with Gasteiger partial charge in [-0.3, -0.25) is 0 Å². The average molecular weight is 365 g/mol. The lowest BCUT2D eigenvalue weighted by Gasteiger charge is -2.08. The molecule has 4 N–H and O–H groups in total. The maximum Gasteiger partial charge on any atom is 0.422 e. The number of halogens is 3. The van der Waals surface area contributed by atoms with Crippen molar-refractivity contribution in [3.63, 3.8) is 0 Å². The van der Waals surface area contributed by atoms with Crippen molar-refractivity contribution in [1.82, 2.24) is 15.4 Å². The van der Waals surface area contributed by atoms with Crippen LogP contribution in [0.25, 0.3) is 11.0 Å². The molecule has 11 nitrogen and oxygen atoms in total. The average Bonchev–Trinajstić information content (AvgIpc) is 2.95. The van der Waals surface area contributed by atoms with Crippen LogP contribution in [-0.4, -0.2) is 54.6 Å². The lowest BCUT2D eigenvalue weighted by molar-refractivity contribution is -0.159. The molecule has 1 aromatic carbocycles.